The number of aromatic nitrogens is 1. The molecule has 0 amide bonds. The van der Waals surface area contributed by atoms with Crippen LogP contribution in [-0.4, -0.2) is 41.6 Å². The van der Waals surface area contributed by atoms with E-state index < -0.39 is 0 Å². The van der Waals surface area contributed by atoms with Crippen LogP contribution in [0.1, 0.15) is 49.3 Å². The number of aryl methyl sites for hydroxylation is 2. The predicted molar refractivity (Wildman–Crippen MR) is 107 cm³/mol. The molecular formula is C22H28N4. The Hall–Kier alpha value is -2.12. The van der Waals surface area contributed by atoms with Crippen LogP contribution in [-0.2, 0) is 0 Å². The molecule has 2 aromatic rings. The van der Waals surface area contributed by atoms with E-state index in [0.717, 1.165) is 35.7 Å². The highest BCUT2D eigenvalue weighted by atomic mass is 15.2. The summed E-state index contributed by atoms with van der Waals surface area (Å²) in [5.41, 5.74) is 5.24. The topological polar surface area (TPSA) is 43.2 Å². The van der Waals surface area contributed by atoms with Crippen molar-refractivity contribution in [2.45, 2.75) is 58.5 Å². The summed E-state index contributed by atoms with van der Waals surface area (Å²) >= 11 is 0. The van der Waals surface area contributed by atoms with Gasteiger partial charge in [0, 0.05) is 36.8 Å². The van der Waals surface area contributed by atoms with Crippen molar-refractivity contribution in [3.8, 4) is 6.07 Å². The molecule has 2 fully saturated rings. The Kier molecular flexibility index (Phi) is 4.58. The van der Waals surface area contributed by atoms with Crippen molar-refractivity contribution in [1.29, 1.82) is 5.26 Å². The van der Waals surface area contributed by atoms with Gasteiger partial charge < -0.3 is 4.90 Å². The molecule has 2 aliphatic heterocycles. The van der Waals surface area contributed by atoms with Gasteiger partial charge >= 0.3 is 0 Å². The fraction of sp³-hybridized carbons (Fsp3) is 0.545. The second kappa shape index (κ2) is 6.89. The van der Waals surface area contributed by atoms with Crippen molar-refractivity contribution >= 4 is 16.6 Å². The molecule has 4 heteroatoms. The van der Waals surface area contributed by atoms with Crippen molar-refractivity contribution in [2.24, 2.45) is 0 Å². The molecule has 2 saturated heterocycles. The highest BCUT2D eigenvalue weighted by molar-refractivity contribution is 5.96. The number of nitrogens with zero attached hydrogens (tertiary/aromatic N) is 4. The minimum atomic E-state index is 0.700. The molecule has 2 aliphatic rings. The minimum absolute atomic E-state index is 0.700. The summed E-state index contributed by atoms with van der Waals surface area (Å²) in [6.07, 6.45) is 6.81. The largest absolute Gasteiger partial charge is 0.370 e. The average molecular weight is 348 g/mol. The lowest BCUT2D eigenvalue weighted by Crippen LogP contribution is -2.46. The molecule has 0 radical (unpaired) electrons. The van der Waals surface area contributed by atoms with Gasteiger partial charge in [0.2, 0.25) is 0 Å². The van der Waals surface area contributed by atoms with E-state index in [4.69, 9.17) is 0 Å². The second-order valence-corrected chi connectivity index (χ2v) is 8.06. The molecule has 1 unspecified atom stereocenters. The van der Waals surface area contributed by atoms with Crippen molar-refractivity contribution in [3.63, 3.8) is 0 Å². The lowest BCUT2D eigenvalue weighted by atomic mass is 9.98. The first-order chi connectivity index (χ1) is 12.6. The number of nitriles is 1. The number of hydrogen-bond donors (Lipinski definition) is 0. The smallest absolute Gasteiger partial charge is 0.103 e. The number of piperidine rings is 1. The Balaban J connectivity index is 1.66. The molecule has 0 bridgehead atoms. The summed E-state index contributed by atoms with van der Waals surface area (Å²) < 4.78 is 0. The van der Waals surface area contributed by atoms with Gasteiger partial charge in [-0.25, -0.2) is 0 Å². The SMILES string of the molecule is Cc1cc(C)c2ncc(C#N)c(N3CCC(N4CCCC4C)CC3)c2c1. The summed E-state index contributed by atoms with van der Waals surface area (Å²) in [6.45, 7) is 9.90. The first kappa shape index (κ1) is 17.3. The van der Waals surface area contributed by atoms with E-state index in [1.165, 1.54) is 43.4 Å². The van der Waals surface area contributed by atoms with Crippen LogP contribution in [0.3, 0.4) is 0 Å². The normalized spacial score (nSPS) is 22.1. The highest BCUT2D eigenvalue weighted by Gasteiger charge is 2.31. The van der Waals surface area contributed by atoms with E-state index in [0.29, 0.717) is 11.6 Å². The van der Waals surface area contributed by atoms with Gasteiger partial charge in [-0.3, -0.25) is 9.88 Å². The number of hydrogen-bond acceptors (Lipinski definition) is 4. The summed E-state index contributed by atoms with van der Waals surface area (Å²) in [7, 11) is 0. The molecule has 1 atom stereocenters. The Morgan fingerprint density at radius 2 is 1.88 bits per heavy atom. The predicted octanol–water partition coefficient (Wildman–Crippen LogP) is 4.18. The summed E-state index contributed by atoms with van der Waals surface area (Å²) in [4.78, 5) is 9.72. The van der Waals surface area contributed by atoms with Crippen LogP contribution in [0.2, 0.25) is 0 Å². The van der Waals surface area contributed by atoms with Gasteiger partial charge in [0.1, 0.15) is 6.07 Å². The Bertz CT molecular complexity index is 859. The quantitative estimate of drug-likeness (QED) is 0.817. The molecule has 26 heavy (non-hydrogen) atoms. The Labute approximate surface area is 156 Å². The van der Waals surface area contributed by atoms with E-state index in [-0.39, 0.29) is 0 Å². The van der Waals surface area contributed by atoms with Gasteiger partial charge in [-0.05, 0) is 64.6 Å². The summed E-state index contributed by atoms with van der Waals surface area (Å²) in [6, 6.07) is 8.18. The molecule has 0 spiro atoms. The maximum absolute atomic E-state index is 9.68. The maximum Gasteiger partial charge on any atom is 0.103 e. The Morgan fingerprint density at radius 1 is 1.12 bits per heavy atom. The lowest BCUT2D eigenvalue weighted by Gasteiger charge is -2.40. The fourth-order valence-corrected chi connectivity index (χ4v) is 4.99. The average Bonchev–Trinajstić information content (AvgIpc) is 3.06. The van der Waals surface area contributed by atoms with Crippen molar-refractivity contribution < 1.29 is 0 Å². The van der Waals surface area contributed by atoms with Gasteiger partial charge in [0.15, 0.2) is 0 Å². The van der Waals surface area contributed by atoms with Crippen molar-refractivity contribution in [2.75, 3.05) is 24.5 Å². The molecule has 4 nitrogen and oxygen atoms in total. The number of fused-ring (bicyclic) bond motifs is 1. The maximum atomic E-state index is 9.68. The summed E-state index contributed by atoms with van der Waals surface area (Å²) in [5, 5.41) is 10.8. The zero-order chi connectivity index (χ0) is 18.3. The van der Waals surface area contributed by atoms with E-state index >= 15 is 0 Å². The third-order valence-electron chi connectivity index (χ3n) is 6.25. The molecule has 4 rings (SSSR count). The monoisotopic (exact) mass is 348 g/mol. The van der Waals surface area contributed by atoms with Crippen LogP contribution in [0, 0.1) is 25.2 Å². The number of rotatable bonds is 2. The van der Waals surface area contributed by atoms with E-state index in [1.807, 2.05) is 0 Å². The van der Waals surface area contributed by atoms with Crippen LogP contribution in [0.15, 0.2) is 18.3 Å². The minimum Gasteiger partial charge on any atom is -0.370 e. The number of pyridine rings is 1. The first-order valence-corrected chi connectivity index (χ1v) is 9.89. The van der Waals surface area contributed by atoms with Crippen LogP contribution in [0.4, 0.5) is 5.69 Å². The number of benzene rings is 1. The van der Waals surface area contributed by atoms with Crippen molar-refractivity contribution in [3.05, 3.63) is 35.0 Å². The van der Waals surface area contributed by atoms with Crippen LogP contribution >= 0.6 is 0 Å². The van der Waals surface area contributed by atoms with Gasteiger partial charge in [-0.15, -0.1) is 0 Å². The van der Waals surface area contributed by atoms with Gasteiger partial charge in [-0.1, -0.05) is 11.6 Å². The summed E-state index contributed by atoms with van der Waals surface area (Å²) in [5.74, 6) is 0. The molecule has 3 heterocycles. The van der Waals surface area contributed by atoms with Crippen molar-refractivity contribution in [1.82, 2.24) is 9.88 Å². The van der Waals surface area contributed by atoms with E-state index in [2.05, 4.69) is 53.8 Å². The highest BCUT2D eigenvalue weighted by Crippen LogP contribution is 2.35. The van der Waals surface area contributed by atoms with Gasteiger partial charge in [0.25, 0.3) is 0 Å². The Morgan fingerprint density at radius 3 is 2.54 bits per heavy atom. The zero-order valence-corrected chi connectivity index (χ0v) is 16.1. The molecule has 0 aliphatic carbocycles. The molecule has 136 valence electrons. The second-order valence-electron chi connectivity index (χ2n) is 8.06. The van der Waals surface area contributed by atoms with Crippen LogP contribution < -0.4 is 4.90 Å². The third-order valence-corrected chi connectivity index (χ3v) is 6.25. The molecule has 1 aromatic heterocycles. The van der Waals surface area contributed by atoms with Crippen LogP contribution in [0.5, 0.6) is 0 Å². The molecule has 0 N–H and O–H groups in total. The third kappa shape index (κ3) is 2.95. The molecule has 0 saturated carbocycles. The van der Waals surface area contributed by atoms with E-state index in [1.54, 1.807) is 6.20 Å². The standard InChI is InChI=1S/C22H28N4/c1-15-11-16(2)21-20(12-15)22(18(13-23)14-24-21)25-9-6-19(7-10-25)26-8-4-5-17(26)3/h11-12,14,17,19H,4-10H2,1-3H3. The first-order valence-electron chi connectivity index (χ1n) is 9.89. The molecule has 1 aromatic carbocycles. The number of anilines is 1. The fourth-order valence-electron chi connectivity index (χ4n) is 4.99. The lowest BCUT2D eigenvalue weighted by molar-refractivity contribution is 0.163. The van der Waals surface area contributed by atoms with E-state index in [9.17, 15) is 5.26 Å². The zero-order valence-electron chi connectivity index (χ0n) is 16.1. The molecular weight excluding hydrogens is 320 g/mol. The van der Waals surface area contributed by atoms with Gasteiger partial charge in [-0.2, -0.15) is 5.26 Å². The van der Waals surface area contributed by atoms with Gasteiger partial charge in [0.05, 0.1) is 16.8 Å². The number of likely N-dealkylation sites (tertiary alicyclic amines) is 1. The van der Waals surface area contributed by atoms with Crippen LogP contribution in [0.25, 0.3) is 10.9 Å².